The zero-order valence-electron chi connectivity index (χ0n) is 12.4. The Hall–Kier alpha value is -1.06. The predicted octanol–water partition coefficient (Wildman–Crippen LogP) is 3.14. The second-order valence-electron chi connectivity index (χ2n) is 6.60. The molecule has 0 amide bonds. The summed E-state index contributed by atoms with van der Waals surface area (Å²) in [5.41, 5.74) is 3.69. The van der Waals surface area contributed by atoms with Gasteiger partial charge in [-0.3, -0.25) is 0 Å². The Labute approximate surface area is 121 Å². The molecule has 1 aromatic rings. The fourth-order valence-electron chi connectivity index (χ4n) is 4.09. The third-order valence-electron chi connectivity index (χ3n) is 5.00. The van der Waals surface area contributed by atoms with Gasteiger partial charge in [0.2, 0.25) is 0 Å². The zero-order valence-corrected chi connectivity index (χ0v) is 12.4. The highest BCUT2D eigenvalue weighted by molar-refractivity contribution is 5.50. The minimum atomic E-state index is -0.161. The first-order valence-electron chi connectivity index (χ1n) is 7.82. The molecule has 4 unspecified atom stereocenters. The smallest absolute Gasteiger partial charge is 0.120 e. The van der Waals surface area contributed by atoms with Gasteiger partial charge in [0.15, 0.2) is 0 Å². The summed E-state index contributed by atoms with van der Waals surface area (Å²) in [7, 11) is 0. The summed E-state index contributed by atoms with van der Waals surface area (Å²) in [5.74, 6) is 0.909. The number of aliphatic hydroxyl groups is 1. The lowest BCUT2D eigenvalue weighted by molar-refractivity contribution is 0.108. The lowest BCUT2D eigenvalue weighted by Crippen LogP contribution is -2.37. The number of aryl methyl sites for hydroxylation is 1. The SMILES string of the molecule is Cc1ccc(O)c2c1C(C)CC2NC1CCCC(O)C1. The van der Waals surface area contributed by atoms with E-state index in [1.165, 1.54) is 11.1 Å². The molecule has 0 radical (unpaired) electrons. The van der Waals surface area contributed by atoms with E-state index in [2.05, 4.69) is 19.2 Å². The molecule has 110 valence electrons. The van der Waals surface area contributed by atoms with Gasteiger partial charge in [0.1, 0.15) is 5.75 Å². The summed E-state index contributed by atoms with van der Waals surface area (Å²) in [6.45, 7) is 4.37. The van der Waals surface area contributed by atoms with E-state index in [1.807, 2.05) is 12.1 Å². The van der Waals surface area contributed by atoms with Crippen molar-refractivity contribution in [3.05, 3.63) is 28.8 Å². The first-order valence-corrected chi connectivity index (χ1v) is 7.82. The van der Waals surface area contributed by atoms with E-state index in [9.17, 15) is 10.2 Å². The van der Waals surface area contributed by atoms with Crippen molar-refractivity contribution >= 4 is 0 Å². The molecule has 0 aliphatic heterocycles. The molecule has 4 atom stereocenters. The Kier molecular flexibility index (Phi) is 3.74. The van der Waals surface area contributed by atoms with Crippen LogP contribution in [0.4, 0.5) is 0 Å². The maximum atomic E-state index is 10.2. The lowest BCUT2D eigenvalue weighted by atomic mass is 9.92. The maximum Gasteiger partial charge on any atom is 0.120 e. The number of aromatic hydroxyl groups is 1. The highest BCUT2D eigenvalue weighted by Crippen LogP contribution is 2.46. The fourth-order valence-corrected chi connectivity index (χ4v) is 4.09. The third kappa shape index (κ3) is 2.45. The van der Waals surface area contributed by atoms with Crippen LogP contribution in [0, 0.1) is 6.92 Å². The molecule has 0 aromatic heterocycles. The van der Waals surface area contributed by atoms with Crippen LogP contribution in [0.2, 0.25) is 0 Å². The first kappa shape index (κ1) is 13.9. The van der Waals surface area contributed by atoms with Gasteiger partial charge in [-0.15, -0.1) is 0 Å². The number of hydrogen-bond donors (Lipinski definition) is 3. The largest absolute Gasteiger partial charge is 0.508 e. The van der Waals surface area contributed by atoms with Crippen molar-refractivity contribution in [3.8, 4) is 5.75 Å². The summed E-state index contributed by atoms with van der Waals surface area (Å²) < 4.78 is 0. The molecule has 0 spiro atoms. The molecule has 0 heterocycles. The van der Waals surface area contributed by atoms with Gasteiger partial charge in [-0.1, -0.05) is 13.0 Å². The van der Waals surface area contributed by atoms with Crippen molar-refractivity contribution in [3.63, 3.8) is 0 Å². The number of rotatable bonds is 2. The van der Waals surface area contributed by atoms with Crippen molar-refractivity contribution in [2.75, 3.05) is 0 Å². The van der Waals surface area contributed by atoms with Crippen LogP contribution in [-0.2, 0) is 0 Å². The van der Waals surface area contributed by atoms with Gasteiger partial charge in [0.05, 0.1) is 6.10 Å². The van der Waals surface area contributed by atoms with Crippen LogP contribution in [0.1, 0.15) is 67.7 Å². The Balaban J connectivity index is 1.82. The van der Waals surface area contributed by atoms with E-state index in [-0.39, 0.29) is 12.1 Å². The van der Waals surface area contributed by atoms with Crippen LogP contribution in [0.5, 0.6) is 5.75 Å². The van der Waals surface area contributed by atoms with E-state index < -0.39 is 0 Å². The number of aliphatic hydroxyl groups excluding tert-OH is 1. The van der Waals surface area contributed by atoms with Crippen molar-refractivity contribution in [1.82, 2.24) is 5.32 Å². The van der Waals surface area contributed by atoms with Crippen LogP contribution in [0.3, 0.4) is 0 Å². The van der Waals surface area contributed by atoms with Gasteiger partial charge in [0.25, 0.3) is 0 Å². The molecule has 3 rings (SSSR count). The van der Waals surface area contributed by atoms with Crippen LogP contribution in [0.25, 0.3) is 0 Å². The van der Waals surface area contributed by atoms with Gasteiger partial charge >= 0.3 is 0 Å². The van der Waals surface area contributed by atoms with Crippen LogP contribution < -0.4 is 5.32 Å². The Bertz CT molecular complexity index is 500. The predicted molar refractivity (Wildman–Crippen MR) is 80.0 cm³/mol. The number of benzene rings is 1. The molecule has 2 aliphatic rings. The summed E-state index contributed by atoms with van der Waals surface area (Å²) in [6.07, 6.45) is 4.87. The number of fused-ring (bicyclic) bond motifs is 1. The fraction of sp³-hybridized carbons (Fsp3) is 0.647. The van der Waals surface area contributed by atoms with Gasteiger partial charge in [0, 0.05) is 17.6 Å². The second-order valence-corrected chi connectivity index (χ2v) is 6.60. The maximum absolute atomic E-state index is 10.2. The topological polar surface area (TPSA) is 52.5 Å². The van der Waals surface area contributed by atoms with E-state index in [0.717, 1.165) is 37.7 Å². The molecule has 1 saturated carbocycles. The van der Waals surface area contributed by atoms with Gasteiger partial charge < -0.3 is 15.5 Å². The average Bonchev–Trinajstić information content (AvgIpc) is 2.72. The highest BCUT2D eigenvalue weighted by atomic mass is 16.3. The summed E-state index contributed by atoms with van der Waals surface area (Å²) in [5, 5.41) is 23.7. The minimum Gasteiger partial charge on any atom is -0.508 e. The third-order valence-corrected chi connectivity index (χ3v) is 5.00. The molecular formula is C17H25NO2. The number of hydrogen-bond acceptors (Lipinski definition) is 3. The standard InChI is InChI=1S/C17H25NO2/c1-10-6-7-15(20)17-14(8-11(2)16(10)17)18-12-4-3-5-13(19)9-12/h6-7,11-14,18-20H,3-5,8-9H2,1-2H3. The molecule has 3 nitrogen and oxygen atoms in total. The van der Waals surface area contributed by atoms with Crippen molar-refractivity contribution in [2.45, 2.75) is 70.1 Å². The molecule has 2 aliphatic carbocycles. The molecule has 3 heteroatoms. The highest BCUT2D eigenvalue weighted by Gasteiger charge is 2.34. The molecular weight excluding hydrogens is 250 g/mol. The second kappa shape index (κ2) is 5.38. The Morgan fingerprint density at radius 2 is 1.95 bits per heavy atom. The van der Waals surface area contributed by atoms with E-state index in [4.69, 9.17) is 0 Å². The van der Waals surface area contributed by atoms with Gasteiger partial charge in [-0.2, -0.15) is 0 Å². The quantitative estimate of drug-likeness (QED) is 0.777. The summed E-state index contributed by atoms with van der Waals surface area (Å²) >= 11 is 0. The molecule has 3 N–H and O–H groups in total. The van der Waals surface area contributed by atoms with Crippen LogP contribution in [0.15, 0.2) is 12.1 Å². The number of phenols is 1. The first-order chi connectivity index (χ1) is 9.56. The normalized spacial score (nSPS) is 33.1. The minimum absolute atomic E-state index is 0.161. The number of phenolic OH excluding ortho intramolecular Hbond substituents is 1. The Morgan fingerprint density at radius 1 is 1.15 bits per heavy atom. The molecule has 20 heavy (non-hydrogen) atoms. The average molecular weight is 275 g/mol. The van der Waals surface area contributed by atoms with E-state index in [1.54, 1.807) is 0 Å². The van der Waals surface area contributed by atoms with Crippen LogP contribution in [-0.4, -0.2) is 22.4 Å². The van der Waals surface area contributed by atoms with E-state index in [0.29, 0.717) is 17.7 Å². The van der Waals surface area contributed by atoms with Gasteiger partial charge in [-0.05, 0) is 62.1 Å². The summed E-state index contributed by atoms with van der Waals surface area (Å²) in [6, 6.07) is 4.44. The van der Waals surface area contributed by atoms with Crippen LogP contribution >= 0.6 is 0 Å². The molecule has 0 bridgehead atoms. The lowest BCUT2D eigenvalue weighted by Gasteiger charge is -2.30. The van der Waals surface area contributed by atoms with E-state index >= 15 is 0 Å². The molecule has 1 aromatic carbocycles. The molecule has 1 fully saturated rings. The monoisotopic (exact) mass is 275 g/mol. The van der Waals surface area contributed by atoms with Crippen molar-refractivity contribution in [2.24, 2.45) is 0 Å². The number of nitrogens with one attached hydrogen (secondary N) is 1. The van der Waals surface area contributed by atoms with Crippen molar-refractivity contribution in [1.29, 1.82) is 0 Å². The van der Waals surface area contributed by atoms with Gasteiger partial charge in [-0.25, -0.2) is 0 Å². The Morgan fingerprint density at radius 3 is 2.70 bits per heavy atom. The van der Waals surface area contributed by atoms with Crippen molar-refractivity contribution < 1.29 is 10.2 Å². The zero-order chi connectivity index (χ0) is 14.3. The molecule has 0 saturated heterocycles. The summed E-state index contributed by atoms with van der Waals surface area (Å²) in [4.78, 5) is 0.